The van der Waals surface area contributed by atoms with Gasteiger partial charge in [-0.05, 0) is 36.6 Å². The minimum Gasteiger partial charge on any atom is -0.503 e. The molecule has 1 amide bonds. The van der Waals surface area contributed by atoms with Gasteiger partial charge in [-0.15, -0.1) is 11.3 Å². The van der Waals surface area contributed by atoms with Gasteiger partial charge in [-0.25, -0.2) is 0 Å². The second-order valence-corrected chi connectivity index (χ2v) is 7.40. The lowest BCUT2D eigenvalue weighted by Gasteiger charge is -2.27. The Morgan fingerprint density at radius 3 is 2.72 bits per heavy atom. The molecule has 2 aromatic heterocycles. The topological polar surface area (TPSA) is 80.0 Å². The zero-order chi connectivity index (χ0) is 20.4. The first kappa shape index (κ1) is 19.0. The number of Topliss-reactive ketones (excluding diaryl/α,β-unsaturated/α-hetero) is 1. The van der Waals surface area contributed by atoms with Crippen LogP contribution in [0.1, 0.15) is 34.0 Å². The predicted molar refractivity (Wildman–Crippen MR) is 108 cm³/mol. The van der Waals surface area contributed by atoms with Gasteiger partial charge in [-0.1, -0.05) is 24.3 Å². The minimum absolute atomic E-state index is 0.0520. The molecule has 1 aliphatic heterocycles. The molecule has 0 fully saturated rings. The van der Waals surface area contributed by atoms with Gasteiger partial charge in [0.1, 0.15) is 11.5 Å². The zero-order valence-corrected chi connectivity index (χ0v) is 16.5. The maximum Gasteiger partial charge on any atom is 0.290 e. The number of hydrogen-bond donors (Lipinski definition) is 1. The van der Waals surface area contributed by atoms with Gasteiger partial charge in [0, 0.05) is 5.56 Å². The molecule has 0 saturated heterocycles. The smallest absolute Gasteiger partial charge is 0.290 e. The Morgan fingerprint density at radius 1 is 1.21 bits per heavy atom. The summed E-state index contributed by atoms with van der Waals surface area (Å²) in [6.07, 6.45) is 1.52. The van der Waals surface area contributed by atoms with Crippen molar-refractivity contribution in [3.05, 3.63) is 87.7 Å². The van der Waals surface area contributed by atoms with E-state index in [2.05, 4.69) is 0 Å². The maximum absolute atomic E-state index is 13.2. The summed E-state index contributed by atoms with van der Waals surface area (Å²) >= 11 is 1.27. The fraction of sp³-hybridized carbons (Fsp3) is 0.182. The molecule has 0 radical (unpaired) electrons. The maximum atomic E-state index is 13.2. The van der Waals surface area contributed by atoms with E-state index in [0.29, 0.717) is 28.6 Å². The molecule has 1 N–H and O–H groups in total. The van der Waals surface area contributed by atoms with Crippen molar-refractivity contribution in [2.75, 3.05) is 6.61 Å². The van der Waals surface area contributed by atoms with Gasteiger partial charge in [-0.2, -0.15) is 0 Å². The zero-order valence-electron chi connectivity index (χ0n) is 15.7. The van der Waals surface area contributed by atoms with E-state index < -0.39 is 17.7 Å². The predicted octanol–water partition coefficient (Wildman–Crippen LogP) is 4.52. The Labute approximate surface area is 171 Å². The van der Waals surface area contributed by atoms with E-state index in [1.165, 1.54) is 22.5 Å². The number of carbonyl (C=O) groups is 2. The number of para-hydroxylation sites is 1. The lowest BCUT2D eigenvalue weighted by molar-refractivity contribution is -0.130. The van der Waals surface area contributed by atoms with Gasteiger partial charge < -0.3 is 19.2 Å². The first-order chi connectivity index (χ1) is 14.1. The first-order valence-corrected chi connectivity index (χ1v) is 10.1. The average Bonchev–Trinajstić information content (AvgIpc) is 3.47. The SMILES string of the molecule is CCOc1ccccc1C1C(C(=O)c2cccs2)=C(O)C(=O)N1Cc1ccco1. The van der Waals surface area contributed by atoms with Crippen molar-refractivity contribution < 1.29 is 23.8 Å². The standard InChI is InChI=1S/C22H19NO5S/c1-2-27-16-9-4-3-8-15(16)19-18(20(24)17-10-6-12-29-17)21(25)22(26)23(19)13-14-7-5-11-28-14/h3-12,19,25H,2,13H2,1H3. The number of rotatable bonds is 7. The molecule has 0 spiro atoms. The molecule has 1 unspecified atom stereocenters. The molecular weight excluding hydrogens is 390 g/mol. The van der Waals surface area contributed by atoms with Crippen molar-refractivity contribution in [1.82, 2.24) is 4.90 Å². The van der Waals surface area contributed by atoms with Crippen LogP contribution in [0.3, 0.4) is 0 Å². The second-order valence-electron chi connectivity index (χ2n) is 6.45. The van der Waals surface area contributed by atoms with Crippen LogP contribution in [0.2, 0.25) is 0 Å². The Kier molecular flexibility index (Phi) is 5.22. The third kappa shape index (κ3) is 3.45. The van der Waals surface area contributed by atoms with Crippen LogP contribution < -0.4 is 4.74 Å². The molecule has 1 aromatic carbocycles. The van der Waals surface area contributed by atoms with Crippen LogP contribution in [0.25, 0.3) is 0 Å². The van der Waals surface area contributed by atoms with Gasteiger partial charge in [0.25, 0.3) is 5.91 Å². The number of aliphatic hydroxyl groups excluding tert-OH is 1. The molecule has 7 heteroatoms. The van der Waals surface area contributed by atoms with Crippen LogP contribution in [-0.4, -0.2) is 28.3 Å². The number of aliphatic hydroxyl groups is 1. The molecule has 0 saturated carbocycles. The molecular formula is C22H19NO5S. The van der Waals surface area contributed by atoms with Crippen LogP contribution in [0.15, 0.2) is 75.9 Å². The van der Waals surface area contributed by atoms with E-state index in [-0.39, 0.29) is 17.9 Å². The highest BCUT2D eigenvalue weighted by atomic mass is 32.1. The molecule has 1 atom stereocenters. The van der Waals surface area contributed by atoms with Gasteiger partial charge in [0.05, 0.1) is 35.9 Å². The second kappa shape index (κ2) is 7.97. The lowest BCUT2D eigenvalue weighted by Crippen LogP contribution is -2.30. The van der Waals surface area contributed by atoms with Crippen LogP contribution >= 0.6 is 11.3 Å². The van der Waals surface area contributed by atoms with Gasteiger partial charge in [-0.3, -0.25) is 9.59 Å². The van der Waals surface area contributed by atoms with Crippen molar-refractivity contribution in [2.24, 2.45) is 0 Å². The minimum atomic E-state index is -0.787. The molecule has 3 aromatic rings. The van der Waals surface area contributed by atoms with Crippen molar-refractivity contribution in [1.29, 1.82) is 0 Å². The van der Waals surface area contributed by atoms with E-state index in [1.54, 1.807) is 41.8 Å². The number of hydrogen-bond acceptors (Lipinski definition) is 6. The van der Waals surface area contributed by atoms with E-state index in [1.807, 2.05) is 19.1 Å². The highest BCUT2D eigenvalue weighted by Gasteiger charge is 2.45. The molecule has 29 heavy (non-hydrogen) atoms. The van der Waals surface area contributed by atoms with Crippen molar-refractivity contribution in [2.45, 2.75) is 19.5 Å². The van der Waals surface area contributed by atoms with Gasteiger partial charge in [0.2, 0.25) is 5.78 Å². The van der Waals surface area contributed by atoms with Crippen molar-refractivity contribution in [3.63, 3.8) is 0 Å². The van der Waals surface area contributed by atoms with E-state index in [0.717, 1.165) is 0 Å². The Morgan fingerprint density at radius 2 is 2.03 bits per heavy atom. The van der Waals surface area contributed by atoms with Gasteiger partial charge in [0.15, 0.2) is 5.76 Å². The molecule has 6 nitrogen and oxygen atoms in total. The summed E-state index contributed by atoms with van der Waals surface area (Å²) < 4.78 is 11.1. The number of benzene rings is 1. The number of thiophene rings is 1. The van der Waals surface area contributed by atoms with E-state index in [9.17, 15) is 14.7 Å². The summed E-state index contributed by atoms with van der Waals surface area (Å²) in [6, 6.07) is 13.4. The average molecular weight is 409 g/mol. The number of nitrogens with zero attached hydrogens (tertiary/aromatic N) is 1. The quantitative estimate of drug-likeness (QED) is 0.581. The summed E-state index contributed by atoms with van der Waals surface area (Å²) in [4.78, 5) is 28.1. The molecule has 1 aliphatic rings. The highest BCUT2D eigenvalue weighted by Crippen LogP contribution is 2.43. The molecule has 3 heterocycles. The van der Waals surface area contributed by atoms with Crippen LogP contribution in [0.5, 0.6) is 5.75 Å². The summed E-state index contributed by atoms with van der Waals surface area (Å²) in [6.45, 7) is 2.41. The lowest BCUT2D eigenvalue weighted by atomic mass is 9.94. The number of carbonyl (C=O) groups excluding carboxylic acids is 2. The third-order valence-electron chi connectivity index (χ3n) is 4.71. The van der Waals surface area contributed by atoms with E-state index >= 15 is 0 Å². The molecule has 0 aliphatic carbocycles. The van der Waals surface area contributed by atoms with Crippen LogP contribution in [0, 0.1) is 0 Å². The van der Waals surface area contributed by atoms with Crippen LogP contribution in [0.4, 0.5) is 0 Å². The normalized spacial score (nSPS) is 16.5. The summed E-state index contributed by atoms with van der Waals surface area (Å²) in [5.74, 6) is -0.411. The number of furan rings is 1. The third-order valence-corrected chi connectivity index (χ3v) is 5.58. The summed E-state index contributed by atoms with van der Waals surface area (Å²) in [5.41, 5.74) is 0.689. The highest BCUT2D eigenvalue weighted by molar-refractivity contribution is 7.12. The molecule has 148 valence electrons. The number of ketones is 1. The van der Waals surface area contributed by atoms with Crippen molar-refractivity contribution in [3.8, 4) is 5.75 Å². The molecule has 4 rings (SSSR count). The Hall–Kier alpha value is -3.32. The molecule has 0 bridgehead atoms. The van der Waals surface area contributed by atoms with Crippen LogP contribution in [-0.2, 0) is 11.3 Å². The summed E-state index contributed by atoms with van der Waals surface area (Å²) in [5, 5.41) is 12.5. The monoisotopic (exact) mass is 409 g/mol. The Balaban J connectivity index is 1.84. The van der Waals surface area contributed by atoms with Crippen molar-refractivity contribution >= 4 is 23.0 Å². The summed E-state index contributed by atoms with van der Waals surface area (Å²) in [7, 11) is 0. The first-order valence-electron chi connectivity index (χ1n) is 9.18. The number of ether oxygens (including phenoxy) is 1. The van der Waals surface area contributed by atoms with E-state index in [4.69, 9.17) is 9.15 Å². The van der Waals surface area contributed by atoms with Gasteiger partial charge >= 0.3 is 0 Å². The fourth-order valence-electron chi connectivity index (χ4n) is 3.48. The fourth-order valence-corrected chi connectivity index (χ4v) is 4.15. The Bertz CT molecular complexity index is 1050. The number of amides is 1. The largest absolute Gasteiger partial charge is 0.503 e.